The predicted molar refractivity (Wildman–Crippen MR) is 74.6 cm³/mol. The van der Waals surface area contributed by atoms with Crippen LogP contribution in [-0.4, -0.2) is 24.9 Å². The molecule has 0 aromatic rings. The van der Waals surface area contributed by atoms with Gasteiger partial charge in [-0.2, -0.15) is 0 Å². The summed E-state index contributed by atoms with van der Waals surface area (Å²) >= 11 is 0. The Hall–Kier alpha value is -1.91. The van der Waals surface area contributed by atoms with Crippen molar-refractivity contribution in [3.8, 4) is 0 Å². The number of carbonyl (C=O) groups is 3. The van der Waals surface area contributed by atoms with Crippen molar-refractivity contribution in [3.63, 3.8) is 0 Å². The molecule has 0 bridgehead atoms. The van der Waals surface area contributed by atoms with Crippen molar-refractivity contribution < 1.29 is 19.1 Å². The molecule has 0 radical (unpaired) electrons. The third-order valence-electron chi connectivity index (χ3n) is 3.36. The summed E-state index contributed by atoms with van der Waals surface area (Å²) in [6.07, 6.45) is 7.23. The number of nitrogens with one attached hydrogen (secondary N) is 1. The summed E-state index contributed by atoms with van der Waals surface area (Å²) in [6, 6.07) is 0. The minimum absolute atomic E-state index is 0.170. The van der Waals surface area contributed by atoms with Gasteiger partial charge in [0, 0.05) is 17.2 Å². The molecule has 1 saturated carbocycles. The van der Waals surface area contributed by atoms with E-state index in [2.05, 4.69) is 16.6 Å². The molecule has 0 spiro atoms. The van der Waals surface area contributed by atoms with Gasteiger partial charge in [0.15, 0.2) is 0 Å². The van der Waals surface area contributed by atoms with E-state index in [4.69, 9.17) is 0 Å². The van der Waals surface area contributed by atoms with Crippen LogP contribution in [0.15, 0.2) is 23.8 Å². The number of ether oxygens (including phenoxy) is 1. The second-order valence-corrected chi connectivity index (χ2v) is 5.02. The summed E-state index contributed by atoms with van der Waals surface area (Å²) < 4.78 is 4.27. The molecule has 1 N–H and O–H groups in total. The van der Waals surface area contributed by atoms with Gasteiger partial charge in [0.25, 0.3) is 11.8 Å². The highest BCUT2D eigenvalue weighted by molar-refractivity contribution is 6.16. The summed E-state index contributed by atoms with van der Waals surface area (Å²) in [5.41, 5.74) is 1.15. The summed E-state index contributed by atoms with van der Waals surface area (Å²) in [6.45, 7) is 4.95. The minimum Gasteiger partial charge on any atom is -0.466 e. The van der Waals surface area contributed by atoms with Crippen LogP contribution < -0.4 is 5.32 Å². The Kier molecular flexibility index (Phi) is 6.15. The Morgan fingerprint density at radius 2 is 1.90 bits per heavy atom. The van der Waals surface area contributed by atoms with E-state index in [-0.39, 0.29) is 17.8 Å². The number of methoxy groups -OCH3 is 1. The smallest absolute Gasteiger partial charge is 0.332 e. The van der Waals surface area contributed by atoms with E-state index in [0.717, 1.165) is 12.8 Å². The molecule has 0 atom stereocenters. The lowest BCUT2D eigenvalue weighted by atomic mass is 9.84. The molecular formula is C15H21NO4. The van der Waals surface area contributed by atoms with Gasteiger partial charge in [-0.1, -0.05) is 25.8 Å². The maximum absolute atomic E-state index is 11.3. The first-order valence-electron chi connectivity index (χ1n) is 6.76. The number of rotatable bonds is 2. The molecule has 20 heavy (non-hydrogen) atoms. The summed E-state index contributed by atoms with van der Waals surface area (Å²) in [4.78, 5) is 32.4. The number of esters is 1. The average Bonchev–Trinajstić information content (AvgIpc) is 2.78. The molecular weight excluding hydrogens is 258 g/mol. The van der Waals surface area contributed by atoms with Crippen molar-refractivity contribution in [2.45, 2.75) is 39.0 Å². The summed E-state index contributed by atoms with van der Waals surface area (Å²) in [5, 5.41) is 2.29. The van der Waals surface area contributed by atoms with Gasteiger partial charge < -0.3 is 4.74 Å². The lowest BCUT2D eigenvalue weighted by molar-refractivity contribution is -0.136. The highest BCUT2D eigenvalue weighted by Crippen LogP contribution is 2.30. The monoisotopic (exact) mass is 279 g/mol. The van der Waals surface area contributed by atoms with E-state index < -0.39 is 0 Å². The molecule has 0 unspecified atom stereocenters. The van der Waals surface area contributed by atoms with Crippen LogP contribution in [0, 0.1) is 5.92 Å². The SMILES string of the molecule is C=C(C)C(=O)OC.O=C1C=C(C2CCCCC2)C(=O)N1. The van der Waals surface area contributed by atoms with E-state index in [1.165, 1.54) is 32.4 Å². The largest absolute Gasteiger partial charge is 0.466 e. The Bertz CT molecular complexity index is 445. The van der Waals surface area contributed by atoms with Crippen LogP contribution in [0.4, 0.5) is 0 Å². The number of imide groups is 1. The standard InChI is InChI=1S/C10H13NO2.C5H8O2/c12-9-6-8(10(13)11-9)7-4-2-1-3-5-7;1-4(2)5(6)7-3/h6-7H,1-5H2,(H,11,12,13);1H2,2-3H3. The first kappa shape index (κ1) is 16.1. The minimum atomic E-state index is -0.347. The molecule has 1 aliphatic carbocycles. The van der Waals surface area contributed by atoms with E-state index in [0.29, 0.717) is 17.1 Å². The van der Waals surface area contributed by atoms with Crippen LogP contribution in [-0.2, 0) is 19.1 Å². The Morgan fingerprint density at radius 1 is 1.30 bits per heavy atom. The molecule has 2 rings (SSSR count). The number of hydrogen-bond acceptors (Lipinski definition) is 4. The first-order chi connectivity index (χ1) is 9.45. The molecule has 2 amide bonds. The van der Waals surface area contributed by atoms with Gasteiger partial charge in [0.1, 0.15) is 0 Å². The van der Waals surface area contributed by atoms with Crippen molar-refractivity contribution in [2.75, 3.05) is 7.11 Å². The number of hydrogen-bond donors (Lipinski definition) is 1. The first-order valence-corrected chi connectivity index (χ1v) is 6.76. The molecule has 1 heterocycles. The number of carbonyl (C=O) groups excluding carboxylic acids is 3. The van der Waals surface area contributed by atoms with Crippen molar-refractivity contribution >= 4 is 17.8 Å². The fourth-order valence-electron chi connectivity index (χ4n) is 2.32. The maximum Gasteiger partial charge on any atom is 0.332 e. The molecule has 0 aromatic heterocycles. The van der Waals surface area contributed by atoms with Gasteiger partial charge in [-0.25, -0.2) is 4.79 Å². The van der Waals surface area contributed by atoms with Gasteiger partial charge in [-0.3, -0.25) is 14.9 Å². The van der Waals surface area contributed by atoms with Gasteiger partial charge >= 0.3 is 5.97 Å². The molecule has 110 valence electrons. The molecule has 5 nitrogen and oxygen atoms in total. The van der Waals surface area contributed by atoms with E-state index in [1.54, 1.807) is 6.92 Å². The van der Waals surface area contributed by atoms with Gasteiger partial charge in [-0.05, 0) is 25.7 Å². The Morgan fingerprint density at radius 3 is 2.25 bits per heavy atom. The van der Waals surface area contributed by atoms with Gasteiger partial charge in [0.2, 0.25) is 0 Å². The van der Waals surface area contributed by atoms with Crippen LogP contribution in [0.5, 0.6) is 0 Å². The van der Waals surface area contributed by atoms with Crippen LogP contribution >= 0.6 is 0 Å². The quantitative estimate of drug-likeness (QED) is 0.476. The second kappa shape index (κ2) is 7.62. The zero-order valence-corrected chi connectivity index (χ0v) is 12.0. The second-order valence-electron chi connectivity index (χ2n) is 5.02. The zero-order chi connectivity index (χ0) is 15.1. The van der Waals surface area contributed by atoms with Crippen LogP contribution in [0.1, 0.15) is 39.0 Å². The molecule has 1 fully saturated rings. The van der Waals surface area contributed by atoms with Crippen molar-refractivity contribution in [1.82, 2.24) is 5.32 Å². The Balaban J connectivity index is 0.000000246. The van der Waals surface area contributed by atoms with E-state index in [9.17, 15) is 14.4 Å². The van der Waals surface area contributed by atoms with Crippen molar-refractivity contribution in [3.05, 3.63) is 23.8 Å². The average molecular weight is 279 g/mol. The zero-order valence-electron chi connectivity index (χ0n) is 12.0. The Labute approximate surface area is 119 Å². The van der Waals surface area contributed by atoms with Crippen LogP contribution in [0.3, 0.4) is 0 Å². The summed E-state index contributed by atoms with van der Waals surface area (Å²) in [5.74, 6) is -0.428. The number of amides is 2. The maximum atomic E-state index is 11.3. The summed E-state index contributed by atoms with van der Waals surface area (Å²) in [7, 11) is 1.33. The highest BCUT2D eigenvalue weighted by Gasteiger charge is 2.28. The lowest BCUT2D eigenvalue weighted by Crippen LogP contribution is -2.24. The van der Waals surface area contributed by atoms with Crippen molar-refractivity contribution in [1.29, 1.82) is 0 Å². The van der Waals surface area contributed by atoms with Gasteiger partial charge in [0.05, 0.1) is 7.11 Å². The molecule has 2 aliphatic rings. The van der Waals surface area contributed by atoms with Crippen LogP contribution in [0.25, 0.3) is 0 Å². The molecule has 0 aromatic carbocycles. The fourth-order valence-corrected chi connectivity index (χ4v) is 2.32. The van der Waals surface area contributed by atoms with Crippen molar-refractivity contribution in [2.24, 2.45) is 5.92 Å². The van der Waals surface area contributed by atoms with E-state index in [1.807, 2.05) is 0 Å². The third-order valence-corrected chi connectivity index (χ3v) is 3.36. The normalized spacial score (nSPS) is 18.6. The van der Waals surface area contributed by atoms with Gasteiger partial charge in [-0.15, -0.1) is 0 Å². The highest BCUT2D eigenvalue weighted by atomic mass is 16.5. The van der Waals surface area contributed by atoms with Crippen LogP contribution in [0.2, 0.25) is 0 Å². The topological polar surface area (TPSA) is 72.5 Å². The predicted octanol–water partition coefficient (Wildman–Crippen LogP) is 1.89. The third kappa shape index (κ3) is 4.64. The molecule has 5 heteroatoms. The van der Waals surface area contributed by atoms with E-state index >= 15 is 0 Å². The fraction of sp³-hybridized carbons (Fsp3) is 0.533. The molecule has 1 aliphatic heterocycles. The molecule has 0 saturated heterocycles. The lowest BCUT2D eigenvalue weighted by Gasteiger charge is -2.21.